The van der Waals surface area contributed by atoms with Gasteiger partial charge in [-0.05, 0) is 27.0 Å². The number of hydrogen-bond acceptors (Lipinski definition) is 3. The molecule has 0 radical (unpaired) electrons. The molecule has 5 heteroatoms. The van der Waals surface area contributed by atoms with E-state index in [4.69, 9.17) is 0 Å². The summed E-state index contributed by atoms with van der Waals surface area (Å²) in [5.41, 5.74) is 0.559. The van der Waals surface area contributed by atoms with E-state index < -0.39 is 0 Å². The Hall–Kier alpha value is -1.36. The molecule has 5 nitrogen and oxygen atoms in total. The van der Waals surface area contributed by atoms with Crippen molar-refractivity contribution < 1.29 is 4.79 Å². The van der Waals surface area contributed by atoms with E-state index in [-0.39, 0.29) is 5.91 Å². The molecule has 0 unspecified atom stereocenters. The molecule has 94 valence electrons. The minimum Gasteiger partial charge on any atom is -0.335 e. The van der Waals surface area contributed by atoms with Crippen LogP contribution in [-0.2, 0) is 0 Å². The monoisotopic (exact) mass is 236 g/mol. The van der Waals surface area contributed by atoms with E-state index in [9.17, 15) is 4.79 Å². The standard InChI is InChI=1S/C12H20N4O/c1-10(2)16-5-4-11(13-16)12(17)15-8-6-14(3)7-9-15/h4-5,10H,6-9H2,1-3H3. The largest absolute Gasteiger partial charge is 0.335 e. The van der Waals surface area contributed by atoms with E-state index in [1.165, 1.54) is 0 Å². The third-order valence-electron chi connectivity index (χ3n) is 3.15. The lowest BCUT2D eigenvalue weighted by molar-refractivity contribution is 0.0657. The van der Waals surface area contributed by atoms with E-state index in [1.807, 2.05) is 15.8 Å². The predicted molar refractivity (Wildman–Crippen MR) is 66.0 cm³/mol. The lowest BCUT2D eigenvalue weighted by Crippen LogP contribution is -2.47. The second-order valence-corrected chi connectivity index (χ2v) is 4.87. The zero-order valence-electron chi connectivity index (χ0n) is 10.8. The maximum absolute atomic E-state index is 12.2. The maximum atomic E-state index is 12.2. The average molecular weight is 236 g/mol. The molecule has 2 rings (SSSR count). The number of piperazine rings is 1. The summed E-state index contributed by atoms with van der Waals surface area (Å²) in [5.74, 6) is 0.0532. The van der Waals surface area contributed by atoms with Crippen molar-refractivity contribution >= 4 is 5.91 Å². The van der Waals surface area contributed by atoms with Gasteiger partial charge in [-0.25, -0.2) is 0 Å². The van der Waals surface area contributed by atoms with Crippen LogP contribution >= 0.6 is 0 Å². The van der Waals surface area contributed by atoms with Gasteiger partial charge in [0.25, 0.3) is 5.91 Å². The first-order valence-corrected chi connectivity index (χ1v) is 6.11. The predicted octanol–water partition coefficient (Wildman–Crippen LogP) is 0.852. The number of carbonyl (C=O) groups is 1. The van der Waals surface area contributed by atoms with Crippen molar-refractivity contribution in [1.82, 2.24) is 19.6 Å². The van der Waals surface area contributed by atoms with Crippen LogP contribution in [0.1, 0.15) is 30.4 Å². The van der Waals surface area contributed by atoms with Crippen molar-refractivity contribution in [3.63, 3.8) is 0 Å². The molecule has 1 aliphatic heterocycles. The van der Waals surface area contributed by atoms with Gasteiger partial charge in [0, 0.05) is 38.4 Å². The van der Waals surface area contributed by atoms with E-state index in [1.54, 1.807) is 6.07 Å². The highest BCUT2D eigenvalue weighted by Crippen LogP contribution is 2.08. The number of carbonyl (C=O) groups excluding carboxylic acids is 1. The zero-order chi connectivity index (χ0) is 12.4. The Balaban J connectivity index is 2.03. The normalized spacial score (nSPS) is 17.8. The first kappa shape index (κ1) is 12.1. The molecular weight excluding hydrogens is 216 g/mol. The van der Waals surface area contributed by atoms with Gasteiger partial charge >= 0.3 is 0 Å². The molecule has 0 saturated carbocycles. The number of amides is 1. The van der Waals surface area contributed by atoms with Crippen LogP contribution in [0, 0.1) is 0 Å². The molecule has 0 N–H and O–H groups in total. The van der Waals surface area contributed by atoms with Crippen LogP contribution in [-0.4, -0.2) is 58.7 Å². The fraction of sp³-hybridized carbons (Fsp3) is 0.667. The minimum absolute atomic E-state index is 0.0532. The van der Waals surface area contributed by atoms with Gasteiger partial charge in [0.05, 0.1) is 0 Å². The summed E-state index contributed by atoms with van der Waals surface area (Å²) in [7, 11) is 2.08. The van der Waals surface area contributed by atoms with Gasteiger partial charge in [-0.15, -0.1) is 0 Å². The topological polar surface area (TPSA) is 41.4 Å². The van der Waals surface area contributed by atoms with E-state index in [2.05, 4.69) is 30.9 Å². The highest BCUT2D eigenvalue weighted by Gasteiger charge is 2.22. The number of rotatable bonds is 2. The summed E-state index contributed by atoms with van der Waals surface area (Å²) < 4.78 is 1.82. The third-order valence-corrected chi connectivity index (χ3v) is 3.15. The van der Waals surface area contributed by atoms with E-state index in [0.717, 1.165) is 26.2 Å². The first-order chi connectivity index (χ1) is 8.08. The lowest BCUT2D eigenvalue weighted by Gasteiger charge is -2.31. The Kier molecular flexibility index (Phi) is 3.47. The molecule has 1 amide bonds. The summed E-state index contributed by atoms with van der Waals surface area (Å²) in [6.07, 6.45) is 1.87. The highest BCUT2D eigenvalue weighted by molar-refractivity contribution is 5.92. The molecule has 17 heavy (non-hydrogen) atoms. The van der Waals surface area contributed by atoms with Crippen LogP contribution in [0.2, 0.25) is 0 Å². The molecule has 0 bridgehead atoms. The smallest absolute Gasteiger partial charge is 0.274 e. The molecule has 1 saturated heterocycles. The molecule has 2 heterocycles. The van der Waals surface area contributed by atoms with Crippen molar-refractivity contribution in [2.75, 3.05) is 33.2 Å². The van der Waals surface area contributed by atoms with Crippen LogP contribution in [0.25, 0.3) is 0 Å². The van der Waals surface area contributed by atoms with Crippen molar-refractivity contribution in [2.45, 2.75) is 19.9 Å². The Labute approximate surface area is 102 Å². The fourth-order valence-corrected chi connectivity index (χ4v) is 1.91. The molecule has 1 aliphatic rings. The van der Waals surface area contributed by atoms with Gasteiger partial charge < -0.3 is 9.80 Å². The Morgan fingerprint density at radius 2 is 1.94 bits per heavy atom. The van der Waals surface area contributed by atoms with Gasteiger partial charge in [-0.2, -0.15) is 5.10 Å². The fourth-order valence-electron chi connectivity index (χ4n) is 1.91. The molecular formula is C12H20N4O. The molecule has 0 aromatic carbocycles. The first-order valence-electron chi connectivity index (χ1n) is 6.11. The van der Waals surface area contributed by atoms with Gasteiger partial charge in [0.2, 0.25) is 0 Å². The average Bonchev–Trinajstić information content (AvgIpc) is 2.78. The van der Waals surface area contributed by atoms with Gasteiger partial charge in [0.1, 0.15) is 5.69 Å². The minimum atomic E-state index is 0.0532. The Bertz CT molecular complexity index is 391. The van der Waals surface area contributed by atoms with Crippen LogP contribution in [0.3, 0.4) is 0 Å². The second kappa shape index (κ2) is 4.87. The van der Waals surface area contributed by atoms with Crippen molar-refractivity contribution in [3.05, 3.63) is 18.0 Å². The van der Waals surface area contributed by atoms with Gasteiger partial charge in [-0.3, -0.25) is 9.48 Å². The quantitative estimate of drug-likeness (QED) is 0.764. The van der Waals surface area contributed by atoms with Crippen molar-refractivity contribution in [1.29, 1.82) is 0 Å². The molecule has 1 fully saturated rings. The number of aromatic nitrogens is 2. The number of likely N-dealkylation sites (N-methyl/N-ethyl adjacent to an activating group) is 1. The molecule has 0 spiro atoms. The van der Waals surface area contributed by atoms with E-state index >= 15 is 0 Å². The highest BCUT2D eigenvalue weighted by atomic mass is 16.2. The maximum Gasteiger partial charge on any atom is 0.274 e. The molecule has 1 aromatic heterocycles. The summed E-state index contributed by atoms with van der Waals surface area (Å²) in [5, 5.41) is 4.32. The SMILES string of the molecule is CC(C)n1ccc(C(=O)N2CCN(C)CC2)n1. The van der Waals surface area contributed by atoms with Crippen LogP contribution in [0.15, 0.2) is 12.3 Å². The summed E-state index contributed by atoms with van der Waals surface area (Å²) in [6.45, 7) is 7.58. The molecule has 0 atom stereocenters. The van der Waals surface area contributed by atoms with Crippen LogP contribution in [0.4, 0.5) is 0 Å². The second-order valence-electron chi connectivity index (χ2n) is 4.87. The van der Waals surface area contributed by atoms with Crippen molar-refractivity contribution in [2.24, 2.45) is 0 Å². The van der Waals surface area contributed by atoms with Crippen molar-refractivity contribution in [3.8, 4) is 0 Å². The van der Waals surface area contributed by atoms with Crippen LogP contribution in [0.5, 0.6) is 0 Å². The van der Waals surface area contributed by atoms with Crippen LogP contribution < -0.4 is 0 Å². The van der Waals surface area contributed by atoms with Gasteiger partial charge in [-0.1, -0.05) is 0 Å². The third kappa shape index (κ3) is 2.66. The summed E-state index contributed by atoms with van der Waals surface area (Å²) in [6, 6.07) is 2.10. The lowest BCUT2D eigenvalue weighted by atomic mass is 10.3. The van der Waals surface area contributed by atoms with E-state index in [0.29, 0.717) is 11.7 Å². The van der Waals surface area contributed by atoms with Gasteiger partial charge in [0.15, 0.2) is 0 Å². The Morgan fingerprint density at radius 1 is 1.29 bits per heavy atom. The Morgan fingerprint density at radius 3 is 2.47 bits per heavy atom. The summed E-state index contributed by atoms with van der Waals surface area (Å²) in [4.78, 5) is 16.3. The number of hydrogen-bond donors (Lipinski definition) is 0. The summed E-state index contributed by atoms with van der Waals surface area (Å²) >= 11 is 0. The molecule has 1 aromatic rings. The number of nitrogens with zero attached hydrogens (tertiary/aromatic N) is 4. The zero-order valence-corrected chi connectivity index (χ0v) is 10.8. The molecule has 0 aliphatic carbocycles.